The van der Waals surface area contributed by atoms with Gasteiger partial charge in [-0.15, -0.1) is 0 Å². The Morgan fingerprint density at radius 2 is 1.82 bits per heavy atom. The third-order valence-electron chi connectivity index (χ3n) is 5.34. The number of pyridine rings is 1. The third-order valence-corrected chi connectivity index (χ3v) is 5.34. The topological polar surface area (TPSA) is 94.6 Å². The summed E-state index contributed by atoms with van der Waals surface area (Å²) in [6.45, 7) is -0.577. The van der Waals surface area contributed by atoms with Gasteiger partial charge in [-0.2, -0.15) is 0 Å². The summed E-state index contributed by atoms with van der Waals surface area (Å²) in [6.07, 6.45) is 0. The van der Waals surface area contributed by atoms with Crippen LogP contribution < -0.4 is 10.1 Å². The predicted octanol–water partition coefficient (Wildman–Crippen LogP) is 4.41. The second kappa shape index (κ2) is 8.74. The molecule has 8 heteroatoms. The molecular weight excluding hydrogens is 439 g/mol. The summed E-state index contributed by atoms with van der Waals surface area (Å²) >= 11 is 0. The Morgan fingerprint density at radius 1 is 1.03 bits per heavy atom. The van der Waals surface area contributed by atoms with Gasteiger partial charge in [-0.3, -0.25) is 9.59 Å². The van der Waals surface area contributed by atoms with Gasteiger partial charge in [0.2, 0.25) is 0 Å². The van der Waals surface area contributed by atoms with Gasteiger partial charge < -0.3 is 14.8 Å². The highest BCUT2D eigenvalue weighted by Gasteiger charge is 2.20. The van der Waals surface area contributed by atoms with Crippen LogP contribution in [0.25, 0.3) is 22.2 Å². The molecule has 34 heavy (non-hydrogen) atoms. The fraction of sp³-hybridized carbons (Fsp3) is 0.0769. The van der Waals surface area contributed by atoms with Crippen molar-refractivity contribution in [1.82, 2.24) is 4.98 Å². The molecule has 0 saturated carbocycles. The van der Waals surface area contributed by atoms with Crippen molar-refractivity contribution in [3.05, 3.63) is 89.7 Å². The normalized spacial score (nSPS) is 12.4. The molecule has 5 rings (SSSR count). The van der Waals surface area contributed by atoms with E-state index in [0.717, 1.165) is 0 Å². The van der Waals surface area contributed by atoms with Gasteiger partial charge in [0.15, 0.2) is 19.0 Å². The first kappa shape index (κ1) is 21.3. The number of nitrogens with one attached hydrogen (secondary N) is 1. The number of amides is 1. The highest BCUT2D eigenvalue weighted by molar-refractivity contribution is 6.06. The highest BCUT2D eigenvalue weighted by Crippen LogP contribution is 2.29. The van der Waals surface area contributed by atoms with E-state index in [9.17, 15) is 18.8 Å². The first-order valence-electron chi connectivity index (χ1n) is 10.4. The molecule has 1 aliphatic rings. The molecule has 0 atom stereocenters. The lowest BCUT2D eigenvalue weighted by atomic mass is 10.0. The molecule has 1 aliphatic heterocycles. The average molecular weight is 456 g/mol. The fourth-order valence-electron chi connectivity index (χ4n) is 3.66. The van der Waals surface area contributed by atoms with Crippen LogP contribution in [0.1, 0.15) is 20.7 Å². The molecule has 2 heterocycles. The summed E-state index contributed by atoms with van der Waals surface area (Å²) in [5.74, 6) is -1.36. The van der Waals surface area contributed by atoms with Crippen LogP contribution in [0, 0.1) is 5.82 Å². The van der Waals surface area contributed by atoms with Crippen molar-refractivity contribution in [2.75, 3.05) is 18.5 Å². The number of rotatable bonds is 5. The summed E-state index contributed by atoms with van der Waals surface area (Å²) in [7, 11) is 0. The summed E-state index contributed by atoms with van der Waals surface area (Å²) in [4.78, 5) is 41.7. The number of hydrogen-bond donors (Lipinski definition) is 1. The minimum absolute atomic E-state index is 0.0856. The first-order valence-corrected chi connectivity index (χ1v) is 10.4. The van der Waals surface area contributed by atoms with Crippen molar-refractivity contribution in [1.29, 1.82) is 0 Å². The van der Waals surface area contributed by atoms with E-state index in [0.29, 0.717) is 33.6 Å². The molecule has 0 spiro atoms. The van der Waals surface area contributed by atoms with E-state index in [-0.39, 0.29) is 29.5 Å². The lowest BCUT2D eigenvalue weighted by Gasteiger charge is -2.18. The van der Waals surface area contributed by atoms with E-state index in [4.69, 9.17) is 9.47 Å². The van der Waals surface area contributed by atoms with Crippen molar-refractivity contribution < 1.29 is 28.2 Å². The van der Waals surface area contributed by atoms with Crippen molar-refractivity contribution >= 4 is 34.3 Å². The molecule has 0 radical (unpaired) electrons. The molecule has 0 saturated heterocycles. The minimum atomic E-state index is -0.690. The van der Waals surface area contributed by atoms with Crippen LogP contribution in [0.15, 0.2) is 72.8 Å². The van der Waals surface area contributed by atoms with Crippen molar-refractivity contribution in [3.63, 3.8) is 0 Å². The Hall–Kier alpha value is -4.59. The zero-order valence-electron chi connectivity index (χ0n) is 17.7. The molecule has 1 N–H and O–H groups in total. The molecule has 1 aromatic heterocycles. The van der Waals surface area contributed by atoms with Gasteiger partial charge in [-0.25, -0.2) is 14.2 Å². The molecule has 3 aromatic carbocycles. The number of hydrogen-bond acceptors (Lipinski definition) is 6. The Bertz CT molecular complexity index is 1450. The van der Waals surface area contributed by atoms with E-state index >= 15 is 0 Å². The number of carbonyl (C=O) groups excluding carboxylic acids is 3. The van der Waals surface area contributed by atoms with Gasteiger partial charge in [0, 0.05) is 16.5 Å². The van der Waals surface area contributed by atoms with E-state index < -0.39 is 18.4 Å². The Labute approximate surface area is 193 Å². The first-order chi connectivity index (χ1) is 16.5. The summed E-state index contributed by atoms with van der Waals surface area (Å²) in [5, 5.41) is 3.21. The number of halogens is 1. The van der Waals surface area contributed by atoms with Crippen molar-refractivity contribution in [2.45, 2.75) is 0 Å². The number of aromatic nitrogens is 1. The molecule has 0 fully saturated rings. The number of Topliss-reactive ketones (excluding diaryl/α,β-unsaturated/α-hetero) is 1. The average Bonchev–Trinajstić information content (AvgIpc) is 2.86. The largest absolute Gasteiger partial charge is 0.482 e. The second-order valence-electron chi connectivity index (χ2n) is 7.63. The number of anilines is 1. The Balaban J connectivity index is 1.39. The fourth-order valence-corrected chi connectivity index (χ4v) is 3.66. The van der Waals surface area contributed by atoms with E-state index in [1.807, 2.05) is 0 Å². The number of nitrogens with zero attached hydrogens (tertiary/aromatic N) is 1. The maximum atomic E-state index is 13.3. The number of fused-ring (bicyclic) bond motifs is 2. The van der Waals surface area contributed by atoms with Crippen molar-refractivity contribution in [3.8, 4) is 17.0 Å². The highest BCUT2D eigenvalue weighted by atomic mass is 19.1. The SMILES string of the molecule is O=C1COc2ccc(C(=O)COC(=O)c3cc(-c4ccc(F)cc4)nc4ccccc34)cc2N1. The van der Waals surface area contributed by atoms with Crippen LogP contribution >= 0.6 is 0 Å². The summed E-state index contributed by atoms with van der Waals surface area (Å²) in [5.41, 5.74) is 2.57. The standard InChI is InChI=1S/C26H17FN2O5/c27-17-8-5-15(6-9-17)21-12-19(18-3-1-2-4-20(18)28-21)26(32)34-13-23(30)16-7-10-24-22(11-16)29-25(31)14-33-24/h1-12H,13-14H2,(H,29,31). The maximum Gasteiger partial charge on any atom is 0.339 e. The van der Waals surface area contributed by atoms with Crippen LogP contribution in [0.2, 0.25) is 0 Å². The van der Waals surface area contributed by atoms with Gasteiger partial charge in [0.05, 0.1) is 22.5 Å². The maximum absolute atomic E-state index is 13.3. The van der Waals surface area contributed by atoms with Gasteiger partial charge in [0.1, 0.15) is 11.6 Å². The minimum Gasteiger partial charge on any atom is -0.482 e. The van der Waals surface area contributed by atoms with Gasteiger partial charge in [0.25, 0.3) is 5.91 Å². The van der Waals surface area contributed by atoms with Gasteiger partial charge in [-0.05, 0) is 54.6 Å². The number of para-hydroxylation sites is 1. The lowest BCUT2D eigenvalue weighted by Crippen LogP contribution is -2.25. The molecule has 1 amide bonds. The third kappa shape index (κ3) is 4.21. The smallest absolute Gasteiger partial charge is 0.339 e. The van der Waals surface area contributed by atoms with Crippen molar-refractivity contribution in [2.24, 2.45) is 0 Å². The molecule has 7 nitrogen and oxygen atoms in total. The van der Waals surface area contributed by atoms with Crippen LogP contribution in [-0.2, 0) is 9.53 Å². The molecular formula is C26H17FN2O5. The number of esters is 1. The van der Waals surface area contributed by atoms with Crippen LogP contribution in [-0.4, -0.2) is 35.9 Å². The van der Waals surface area contributed by atoms with Crippen LogP contribution in [0.3, 0.4) is 0 Å². The number of ketones is 1. The Kier molecular flexibility index (Phi) is 5.47. The molecule has 0 bridgehead atoms. The molecule has 4 aromatic rings. The van der Waals surface area contributed by atoms with E-state index in [1.165, 1.54) is 18.2 Å². The van der Waals surface area contributed by atoms with E-state index in [2.05, 4.69) is 10.3 Å². The number of carbonyl (C=O) groups is 3. The quantitative estimate of drug-likeness (QED) is 0.353. The lowest BCUT2D eigenvalue weighted by molar-refractivity contribution is -0.118. The zero-order chi connectivity index (χ0) is 23.7. The Morgan fingerprint density at radius 3 is 2.65 bits per heavy atom. The summed E-state index contributed by atoms with van der Waals surface area (Å²) in [6, 6.07) is 19.0. The van der Waals surface area contributed by atoms with Gasteiger partial charge in [-0.1, -0.05) is 18.2 Å². The van der Waals surface area contributed by atoms with Gasteiger partial charge >= 0.3 is 5.97 Å². The van der Waals surface area contributed by atoms with Crippen LogP contribution in [0.5, 0.6) is 5.75 Å². The molecule has 168 valence electrons. The molecule has 0 unspecified atom stereocenters. The molecule has 0 aliphatic carbocycles. The zero-order valence-corrected chi connectivity index (χ0v) is 17.7. The summed E-state index contributed by atoms with van der Waals surface area (Å²) < 4.78 is 24.0. The monoisotopic (exact) mass is 456 g/mol. The number of benzene rings is 3. The van der Waals surface area contributed by atoms with E-state index in [1.54, 1.807) is 54.6 Å². The number of ether oxygens (including phenoxy) is 2. The van der Waals surface area contributed by atoms with Crippen LogP contribution in [0.4, 0.5) is 10.1 Å². The second-order valence-corrected chi connectivity index (χ2v) is 7.63. The predicted molar refractivity (Wildman–Crippen MR) is 122 cm³/mol.